The zero-order valence-corrected chi connectivity index (χ0v) is 17.3. The number of carbonyl (C=O) groups excluding carboxylic acids is 1. The lowest BCUT2D eigenvalue weighted by molar-refractivity contribution is 0.0698. The van der Waals surface area contributed by atoms with Gasteiger partial charge in [0.05, 0.1) is 11.3 Å². The van der Waals surface area contributed by atoms with E-state index in [-0.39, 0.29) is 17.2 Å². The van der Waals surface area contributed by atoms with Gasteiger partial charge < -0.3 is 20.2 Å². The van der Waals surface area contributed by atoms with E-state index in [0.29, 0.717) is 5.56 Å². The second kappa shape index (κ2) is 9.53. The molecule has 0 spiro atoms. The summed E-state index contributed by atoms with van der Waals surface area (Å²) in [4.78, 5) is 28.3. The molecule has 0 fully saturated rings. The first-order valence-electron chi connectivity index (χ1n) is 8.65. The van der Waals surface area contributed by atoms with E-state index < -0.39 is 5.97 Å². The Labute approximate surface area is 167 Å². The Morgan fingerprint density at radius 2 is 1.74 bits per heavy atom. The number of carboxylic acid groups (broad SMARTS) is 1. The second-order valence-electron chi connectivity index (χ2n) is 6.38. The number of nitrogens with zero attached hydrogens (tertiary/aromatic N) is 2. The van der Waals surface area contributed by atoms with Crippen LogP contribution in [0.25, 0.3) is 0 Å². The first-order valence-corrected chi connectivity index (χ1v) is 9.45. The van der Waals surface area contributed by atoms with Crippen LogP contribution in [0.2, 0.25) is 0 Å². The number of carbonyl (C=O) groups is 2. The number of hydrogen-bond acceptors (Lipinski definition) is 4. The largest absolute Gasteiger partial charge is 0.478 e. The van der Waals surface area contributed by atoms with Crippen LogP contribution in [0.15, 0.2) is 46.9 Å². The van der Waals surface area contributed by atoms with Crippen molar-refractivity contribution in [2.45, 2.75) is 6.92 Å². The average Bonchev–Trinajstić information content (AvgIpc) is 2.63. The Kier molecular flexibility index (Phi) is 7.38. The number of anilines is 2. The zero-order chi connectivity index (χ0) is 20.0. The number of likely N-dealkylation sites (N-methyl/N-ethyl adjacent to an activating group) is 2. The molecule has 6 nitrogen and oxygen atoms in total. The number of nitrogens with one attached hydrogen (secondary N) is 1. The highest BCUT2D eigenvalue weighted by Gasteiger charge is 2.16. The van der Waals surface area contributed by atoms with Crippen molar-refractivity contribution in [3.05, 3.63) is 58.1 Å². The van der Waals surface area contributed by atoms with Gasteiger partial charge in [0.15, 0.2) is 0 Å². The van der Waals surface area contributed by atoms with Gasteiger partial charge in [-0.25, -0.2) is 4.79 Å². The summed E-state index contributed by atoms with van der Waals surface area (Å²) in [5.74, 6) is -1.43. The minimum absolute atomic E-state index is 0.0706. The van der Waals surface area contributed by atoms with Gasteiger partial charge in [-0.1, -0.05) is 15.9 Å². The number of rotatable bonds is 8. The van der Waals surface area contributed by atoms with Crippen molar-refractivity contribution >= 4 is 39.2 Å². The Bertz CT molecular complexity index is 807. The smallest absolute Gasteiger partial charge is 0.337 e. The fourth-order valence-corrected chi connectivity index (χ4v) is 2.87. The molecule has 0 saturated carbocycles. The van der Waals surface area contributed by atoms with E-state index in [0.717, 1.165) is 29.8 Å². The highest BCUT2D eigenvalue weighted by atomic mass is 79.9. The summed E-state index contributed by atoms with van der Waals surface area (Å²) in [6, 6.07) is 12.0. The molecular formula is C20H24BrN3O3. The van der Waals surface area contributed by atoms with Gasteiger partial charge in [0.25, 0.3) is 5.91 Å². The van der Waals surface area contributed by atoms with E-state index in [2.05, 4.69) is 31.0 Å². The third kappa shape index (κ3) is 5.80. The molecule has 0 bridgehead atoms. The molecule has 0 aliphatic rings. The van der Waals surface area contributed by atoms with Crippen molar-refractivity contribution < 1.29 is 14.7 Å². The fraction of sp³-hybridized carbons (Fsp3) is 0.300. The molecule has 1 amide bonds. The van der Waals surface area contributed by atoms with Crippen LogP contribution in [-0.4, -0.2) is 55.6 Å². The predicted octanol–water partition coefficient (Wildman–Crippen LogP) is 3.79. The van der Waals surface area contributed by atoms with Crippen LogP contribution in [0.3, 0.4) is 0 Å². The molecule has 2 rings (SSSR count). The van der Waals surface area contributed by atoms with Gasteiger partial charge in [0.1, 0.15) is 0 Å². The maximum absolute atomic E-state index is 12.4. The molecule has 0 aliphatic heterocycles. The summed E-state index contributed by atoms with van der Waals surface area (Å²) in [6.07, 6.45) is 0. The molecule has 0 heterocycles. The number of carboxylic acids is 1. The second-order valence-corrected chi connectivity index (χ2v) is 7.29. The first-order chi connectivity index (χ1) is 12.8. The lowest BCUT2D eigenvalue weighted by Crippen LogP contribution is -2.31. The Balaban J connectivity index is 2.25. The van der Waals surface area contributed by atoms with Crippen LogP contribution < -0.4 is 10.2 Å². The van der Waals surface area contributed by atoms with Crippen LogP contribution in [0.1, 0.15) is 27.6 Å². The summed E-state index contributed by atoms with van der Waals surface area (Å²) in [6.45, 7) is 4.43. The highest BCUT2D eigenvalue weighted by molar-refractivity contribution is 9.10. The van der Waals surface area contributed by atoms with Crippen molar-refractivity contribution in [3.63, 3.8) is 0 Å². The van der Waals surface area contributed by atoms with E-state index >= 15 is 0 Å². The summed E-state index contributed by atoms with van der Waals surface area (Å²) in [5, 5.41) is 12.3. The molecular weight excluding hydrogens is 410 g/mol. The molecule has 7 heteroatoms. The molecule has 0 radical (unpaired) electrons. The van der Waals surface area contributed by atoms with E-state index in [1.165, 1.54) is 0 Å². The number of halogens is 1. The van der Waals surface area contributed by atoms with Crippen LogP contribution in [0, 0.1) is 0 Å². The summed E-state index contributed by atoms with van der Waals surface area (Å²) in [5.41, 5.74) is 1.63. The van der Waals surface area contributed by atoms with Crippen LogP contribution in [0.5, 0.6) is 0 Å². The minimum Gasteiger partial charge on any atom is -0.478 e. The van der Waals surface area contributed by atoms with Gasteiger partial charge in [0.2, 0.25) is 0 Å². The number of aromatic carboxylic acids is 1. The molecule has 2 aromatic carbocycles. The molecule has 0 aromatic heterocycles. The number of hydrogen-bond donors (Lipinski definition) is 2. The maximum Gasteiger partial charge on any atom is 0.337 e. The van der Waals surface area contributed by atoms with E-state index in [4.69, 9.17) is 0 Å². The van der Waals surface area contributed by atoms with Crippen LogP contribution >= 0.6 is 15.9 Å². The molecule has 2 aromatic rings. The third-order valence-electron chi connectivity index (χ3n) is 4.15. The Morgan fingerprint density at radius 3 is 2.30 bits per heavy atom. The standard InChI is InChI=1S/C20H24BrN3O3/c1-4-24(12-11-23(2)3)16-9-10-18(17(13-16)20(26)27)22-19(25)14-5-7-15(21)8-6-14/h5-10,13H,4,11-12H2,1-3H3,(H,22,25)(H,26,27). The molecule has 0 aliphatic carbocycles. The van der Waals surface area contributed by atoms with E-state index in [1.807, 2.05) is 27.1 Å². The fourth-order valence-electron chi connectivity index (χ4n) is 2.60. The number of benzene rings is 2. The van der Waals surface area contributed by atoms with Gasteiger partial charge in [-0.15, -0.1) is 0 Å². The molecule has 27 heavy (non-hydrogen) atoms. The Hall–Kier alpha value is -2.38. The third-order valence-corrected chi connectivity index (χ3v) is 4.68. The summed E-state index contributed by atoms with van der Waals surface area (Å²) >= 11 is 3.32. The molecule has 0 unspecified atom stereocenters. The number of amides is 1. The first kappa shape index (κ1) is 20.9. The van der Waals surface area contributed by atoms with Gasteiger partial charge in [0, 0.05) is 35.4 Å². The van der Waals surface area contributed by atoms with Crippen molar-refractivity contribution in [3.8, 4) is 0 Å². The molecule has 0 atom stereocenters. The van der Waals surface area contributed by atoms with Gasteiger partial charge in [-0.05, 0) is 63.5 Å². The molecule has 0 saturated heterocycles. The van der Waals surface area contributed by atoms with Crippen LogP contribution in [-0.2, 0) is 0 Å². The normalized spacial score (nSPS) is 10.7. The van der Waals surface area contributed by atoms with Crippen molar-refractivity contribution in [1.82, 2.24) is 4.90 Å². The van der Waals surface area contributed by atoms with Crippen LogP contribution in [0.4, 0.5) is 11.4 Å². The van der Waals surface area contributed by atoms with Gasteiger partial charge >= 0.3 is 5.97 Å². The highest BCUT2D eigenvalue weighted by Crippen LogP contribution is 2.24. The zero-order valence-electron chi connectivity index (χ0n) is 15.7. The average molecular weight is 434 g/mol. The topological polar surface area (TPSA) is 72.9 Å². The van der Waals surface area contributed by atoms with E-state index in [1.54, 1.807) is 36.4 Å². The van der Waals surface area contributed by atoms with Crippen molar-refractivity contribution in [1.29, 1.82) is 0 Å². The maximum atomic E-state index is 12.4. The quantitative estimate of drug-likeness (QED) is 0.662. The summed E-state index contributed by atoms with van der Waals surface area (Å²) in [7, 11) is 3.99. The van der Waals surface area contributed by atoms with Gasteiger partial charge in [-0.3, -0.25) is 4.79 Å². The van der Waals surface area contributed by atoms with Crippen molar-refractivity contribution in [2.24, 2.45) is 0 Å². The van der Waals surface area contributed by atoms with Gasteiger partial charge in [-0.2, -0.15) is 0 Å². The SMILES string of the molecule is CCN(CCN(C)C)c1ccc(NC(=O)c2ccc(Br)cc2)c(C(=O)O)c1. The van der Waals surface area contributed by atoms with Crippen molar-refractivity contribution in [2.75, 3.05) is 43.9 Å². The Morgan fingerprint density at radius 1 is 1.07 bits per heavy atom. The lowest BCUT2D eigenvalue weighted by Gasteiger charge is -2.25. The predicted molar refractivity (Wildman–Crippen MR) is 112 cm³/mol. The van der Waals surface area contributed by atoms with E-state index in [9.17, 15) is 14.7 Å². The molecule has 144 valence electrons. The monoisotopic (exact) mass is 433 g/mol. The lowest BCUT2D eigenvalue weighted by atomic mass is 10.1. The minimum atomic E-state index is -1.08. The summed E-state index contributed by atoms with van der Waals surface area (Å²) < 4.78 is 0.868. The molecule has 2 N–H and O–H groups in total.